The fourth-order valence-corrected chi connectivity index (χ4v) is 3.93. The van der Waals surface area contributed by atoms with Crippen molar-refractivity contribution in [2.24, 2.45) is 11.8 Å². The number of nitrogens with one attached hydrogen (secondary N) is 3. The number of hydrogen-bond acceptors (Lipinski definition) is 3. The Morgan fingerprint density at radius 3 is 2.96 bits per heavy atom. The van der Waals surface area contributed by atoms with E-state index in [1.54, 1.807) is 4.90 Å². The zero-order valence-electron chi connectivity index (χ0n) is 14.6. The number of nitrogens with zero attached hydrogens (tertiary/aromatic N) is 2. The zero-order chi connectivity index (χ0) is 17.2. The van der Waals surface area contributed by atoms with Gasteiger partial charge in [0.25, 0.3) is 0 Å². The fraction of sp³-hybridized carbons (Fsp3) is 0.722. The maximum atomic E-state index is 12.7. The summed E-state index contributed by atoms with van der Waals surface area (Å²) in [5, 5.41) is 13.3. The monoisotopic (exact) mass is 345 g/mol. The number of likely N-dealkylation sites (tertiary alicyclic amines) is 1. The van der Waals surface area contributed by atoms with Gasteiger partial charge in [0, 0.05) is 19.6 Å². The summed E-state index contributed by atoms with van der Waals surface area (Å²) < 4.78 is 0. The largest absolute Gasteiger partial charge is 0.356 e. The summed E-state index contributed by atoms with van der Waals surface area (Å²) >= 11 is 0. The Hall–Kier alpha value is -2.05. The van der Waals surface area contributed by atoms with Crippen molar-refractivity contribution >= 4 is 11.9 Å². The van der Waals surface area contributed by atoms with Crippen LogP contribution < -0.4 is 10.6 Å². The van der Waals surface area contributed by atoms with Gasteiger partial charge in [0.1, 0.15) is 0 Å². The number of fused-ring (bicyclic) bond motifs is 1. The Kier molecular flexibility index (Phi) is 4.63. The molecule has 0 bridgehead atoms. The van der Waals surface area contributed by atoms with E-state index in [1.807, 2.05) is 6.20 Å². The molecule has 1 aromatic heterocycles. The third-order valence-electron chi connectivity index (χ3n) is 5.68. The molecule has 2 aliphatic carbocycles. The molecule has 7 heteroatoms. The van der Waals surface area contributed by atoms with E-state index in [2.05, 4.69) is 20.8 Å². The Bertz CT molecular complexity index is 639. The number of amides is 3. The van der Waals surface area contributed by atoms with Crippen LogP contribution in [-0.2, 0) is 11.2 Å². The average Bonchev–Trinajstić information content (AvgIpc) is 3.34. The average molecular weight is 345 g/mol. The summed E-state index contributed by atoms with van der Waals surface area (Å²) in [6.07, 6.45) is 9.08. The summed E-state index contributed by atoms with van der Waals surface area (Å²) in [7, 11) is 0. The van der Waals surface area contributed by atoms with E-state index in [9.17, 15) is 9.59 Å². The van der Waals surface area contributed by atoms with E-state index < -0.39 is 0 Å². The van der Waals surface area contributed by atoms with Crippen LogP contribution in [0.15, 0.2) is 6.20 Å². The molecule has 1 aromatic rings. The standard InChI is InChI=1S/C18H27N5O2/c24-17(19-9-12-6-7-12)14-4-2-8-23(11-14)18(25)21-15-5-1-3-13-10-20-22-16(13)15/h10,12,14-15H,1-9,11H2,(H,19,24)(H,20,22)(H,21,25)/t14-,15-/m1/s1. The number of rotatable bonds is 4. The maximum absolute atomic E-state index is 12.7. The van der Waals surface area contributed by atoms with Crippen LogP contribution in [-0.4, -0.2) is 46.7 Å². The molecule has 0 aromatic carbocycles. The van der Waals surface area contributed by atoms with Crippen molar-refractivity contribution < 1.29 is 9.59 Å². The normalized spacial score (nSPS) is 26.0. The van der Waals surface area contributed by atoms with Gasteiger partial charge in [0.15, 0.2) is 0 Å². The molecule has 1 saturated carbocycles. The molecule has 0 unspecified atom stereocenters. The summed E-state index contributed by atoms with van der Waals surface area (Å²) in [5.41, 5.74) is 2.24. The van der Waals surface area contributed by atoms with E-state index >= 15 is 0 Å². The van der Waals surface area contributed by atoms with Crippen LogP contribution in [0.2, 0.25) is 0 Å². The second-order valence-corrected chi connectivity index (χ2v) is 7.68. The van der Waals surface area contributed by atoms with Crippen LogP contribution in [0.5, 0.6) is 0 Å². The molecule has 3 aliphatic rings. The molecule has 7 nitrogen and oxygen atoms in total. The molecular formula is C18H27N5O2. The Morgan fingerprint density at radius 1 is 1.24 bits per heavy atom. The number of urea groups is 1. The van der Waals surface area contributed by atoms with Crippen molar-refractivity contribution in [2.45, 2.75) is 51.0 Å². The minimum Gasteiger partial charge on any atom is -0.356 e. The van der Waals surface area contributed by atoms with E-state index in [0.717, 1.165) is 50.9 Å². The second kappa shape index (κ2) is 7.06. The molecule has 3 amide bonds. The van der Waals surface area contributed by atoms with E-state index in [4.69, 9.17) is 0 Å². The van der Waals surface area contributed by atoms with Crippen LogP contribution in [0.1, 0.15) is 55.8 Å². The second-order valence-electron chi connectivity index (χ2n) is 7.68. The van der Waals surface area contributed by atoms with Gasteiger partial charge in [0.2, 0.25) is 5.91 Å². The lowest BCUT2D eigenvalue weighted by molar-refractivity contribution is -0.126. The quantitative estimate of drug-likeness (QED) is 0.776. The number of H-pyrrole nitrogens is 1. The summed E-state index contributed by atoms with van der Waals surface area (Å²) in [4.78, 5) is 26.8. The Balaban J connectivity index is 1.32. The predicted molar refractivity (Wildman–Crippen MR) is 92.8 cm³/mol. The molecule has 25 heavy (non-hydrogen) atoms. The summed E-state index contributed by atoms with van der Waals surface area (Å²) in [5.74, 6) is 0.715. The number of carbonyl (C=O) groups is 2. The number of aromatic nitrogens is 2. The molecule has 136 valence electrons. The number of hydrogen-bond donors (Lipinski definition) is 3. The number of carbonyl (C=O) groups excluding carboxylic acids is 2. The smallest absolute Gasteiger partial charge is 0.317 e. The molecular weight excluding hydrogens is 318 g/mol. The van der Waals surface area contributed by atoms with Gasteiger partial charge in [-0.3, -0.25) is 9.89 Å². The van der Waals surface area contributed by atoms with Crippen molar-refractivity contribution in [3.63, 3.8) is 0 Å². The van der Waals surface area contributed by atoms with Crippen LogP contribution in [0.25, 0.3) is 0 Å². The molecule has 2 fully saturated rings. The van der Waals surface area contributed by atoms with Crippen molar-refractivity contribution in [1.82, 2.24) is 25.7 Å². The first kappa shape index (κ1) is 16.4. The van der Waals surface area contributed by atoms with Crippen molar-refractivity contribution in [1.29, 1.82) is 0 Å². The van der Waals surface area contributed by atoms with Gasteiger partial charge in [-0.15, -0.1) is 0 Å². The lowest BCUT2D eigenvalue weighted by Gasteiger charge is -2.34. The Labute approximate surface area is 147 Å². The molecule has 2 heterocycles. The van der Waals surface area contributed by atoms with Crippen LogP contribution >= 0.6 is 0 Å². The number of aryl methyl sites for hydroxylation is 1. The van der Waals surface area contributed by atoms with Crippen LogP contribution in [0.3, 0.4) is 0 Å². The van der Waals surface area contributed by atoms with E-state index in [1.165, 1.54) is 18.4 Å². The molecule has 2 atom stereocenters. The third kappa shape index (κ3) is 3.80. The highest BCUT2D eigenvalue weighted by Gasteiger charge is 2.31. The molecule has 3 N–H and O–H groups in total. The third-order valence-corrected chi connectivity index (χ3v) is 5.68. The van der Waals surface area contributed by atoms with Gasteiger partial charge in [-0.25, -0.2) is 4.79 Å². The summed E-state index contributed by atoms with van der Waals surface area (Å²) in [6, 6.07) is -0.0602. The van der Waals surface area contributed by atoms with Gasteiger partial charge in [-0.1, -0.05) is 0 Å². The first-order valence-corrected chi connectivity index (χ1v) is 9.56. The van der Waals surface area contributed by atoms with Crippen molar-refractivity contribution in [2.75, 3.05) is 19.6 Å². The molecule has 0 spiro atoms. The van der Waals surface area contributed by atoms with Crippen molar-refractivity contribution in [3.05, 3.63) is 17.5 Å². The molecule has 1 aliphatic heterocycles. The predicted octanol–water partition coefficient (Wildman–Crippen LogP) is 1.73. The minimum atomic E-state index is -0.0766. The maximum Gasteiger partial charge on any atom is 0.317 e. The van der Waals surface area contributed by atoms with Crippen LogP contribution in [0.4, 0.5) is 4.79 Å². The lowest BCUT2D eigenvalue weighted by atomic mass is 9.93. The van der Waals surface area contributed by atoms with Gasteiger partial charge < -0.3 is 15.5 Å². The minimum absolute atomic E-state index is 0.00261. The fourth-order valence-electron chi connectivity index (χ4n) is 3.93. The van der Waals surface area contributed by atoms with Gasteiger partial charge in [0.05, 0.1) is 23.9 Å². The highest BCUT2D eigenvalue weighted by atomic mass is 16.2. The number of aromatic amines is 1. The first-order chi connectivity index (χ1) is 12.2. The first-order valence-electron chi connectivity index (χ1n) is 9.56. The molecule has 4 rings (SSSR count). The highest BCUT2D eigenvalue weighted by Crippen LogP contribution is 2.29. The Morgan fingerprint density at radius 2 is 2.12 bits per heavy atom. The lowest BCUT2D eigenvalue weighted by Crippen LogP contribution is -2.50. The molecule has 1 saturated heterocycles. The van der Waals surface area contributed by atoms with E-state index in [-0.39, 0.29) is 23.9 Å². The summed E-state index contributed by atoms with van der Waals surface area (Å²) in [6.45, 7) is 2.04. The molecule has 0 radical (unpaired) electrons. The number of piperidine rings is 1. The SMILES string of the molecule is O=C(NCC1CC1)[C@@H]1CCCN(C(=O)N[C@@H]2CCCc3cn[nH]c32)C1. The van der Waals surface area contributed by atoms with Gasteiger partial charge in [-0.05, 0) is 56.4 Å². The van der Waals surface area contributed by atoms with Gasteiger partial charge in [-0.2, -0.15) is 5.10 Å². The van der Waals surface area contributed by atoms with Gasteiger partial charge >= 0.3 is 6.03 Å². The van der Waals surface area contributed by atoms with E-state index in [0.29, 0.717) is 12.5 Å². The van der Waals surface area contributed by atoms with Crippen LogP contribution in [0, 0.1) is 11.8 Å². The topological polar surface area (TPSA) is 90.1 Å². The zero-order valence-corrected chi connectivity index (χ0v) is 14.6. The van der Waals surface area contributed by atoms with Crippen molar-refractivity contribution in [3.8, 4) is 0 Å². The highest BCUT2D eigenvalue weighted by molar-refractivity contribution is 5.81.